The van der Waals surface area contributed by atoms with Crippen molar-refractivity contribution in [2.45, 2.75) is 45.4 Å². The van der Waals surface area contributed by atoms with Crippen molar-refractivity contribution in [3.05, 3.63) is 70.2 Å². The van der Waals surface area contributed by atoms with E-state index >= 15 is 0 Å². The fraction of sp³-hybridized carbons (Fsp3) is 0.364. The van der Waals surface area contributed by atoms with Crippen LogP contribution in [0.4, 0.5) is 0 Å². The van der Waals surface area contributed by atoms with E-state index in [0.29, 0.717) is 16.7 Å². The van der Waals surface area contributed by atoms with E-state index in [1.54, 1.807) is 0 Å². The molecule has 1 aliphatic rings. The molecule has 0 aromatic heterocycles. The van der Waals surface area contributed by atoms with Gasteiger partial charge in [0.1, 0.15) is 0 Å². The number of benzene rings is 2. The smallest absolute Gasteiger partial charge is 0.243 e. The standard InChI is InChI=1S/C22H25ClN2O/c1-14(17-7-5-6-8-20(17)23)24-25-21(26)19-13-18(19)15-9-11-16(12-10-15)22(2,3)4/h5-12,18-19H,13H2,1-4H3,(H,25,26)/b24-14-/t18-,19-/m0/s1. The molecule has 0 radical (unpaired) electrons. The van der Waals surface area contributed by atoms with Crippen LogP contribution in [0, 0.1) is 5.92 Å². The van der Waals surface area contributed by atoms with E-state index in [4.69, 9.17) is 11.6 Å². The molecular formula is C22H25ClN2O. The summed E-state index contributed by atoms with van der Waals surface area (Å²) in [4.78, 5) is 12.4. The maximum Gasteiger partial charge on any atom is 0.243 e. The summed E-state index contributed by atoms with van der Waals surface area (Å²) in [5.41, 5.74) is 6.91. The van der Waals surface area contributed by atoms with Gasteiger partial charge in [-0.25, -0.2) is 5.43 Å². The van der Waals surface area contributed by atoms with Gasteiger partial charge < -0.3 is 0 Å². The highest BCUT2D eigenvalue weighted by atomic mass is 35.5. The molecule has 3 rings (SSSR count). The van der Waals surface area contributed by atoms with Gasteiger partial charge in [-0.2, -0.15) is 5.10 Å². The Balaban J connectivity index is 1.61. The molecule has 0 saturated heterocycles. The van der Waals surface area contributed by atoms with E-state index < -0.39 is 0 Å². The average molecular weight is 369 g/mol. The first-order chi connectivity index (χ1) is 12.3. The molecule has 136 valence electrons. The van der Waals surface area contributed by atoms with E-state index in [2.05, 4.69) is 55.6 Å². The number of carbonyl (C=O) groups is 1. The monoisotopic (exact) mass is 368 g/mol. The Hall–Kier alpha value is -2.13. The highest BCUT2D eigenvalue weighted by Gasteiger charge is 2.44. The molecule has 1 aliphatic carbocycles. The van der Waals surface area contributed by atoms with Gasteiger partial charge in [0.05, 0.1) is 5.71 Å². The van der Waals surface area contributed by atoms with Gasteiger partial charge in [0.15, 0.2) is 0 Å². The van der Waals surface area contributed by atoms with Crippen LogP contribution in [-0.4, -0.2) is 11.6 Å². The number of nitrogens with one attached hydrogen (secondary N) is 1. The van der Waals surface area contributed by atoms with Crippen molar-refractivity contribution in [3.8, 4) is 0 Å². The van der Waals surface area contributed by atoms with Gasteiger partial charge in [-0.3, -0.25) is 4.79 Å². The Morgan fingerprint density at radius 2 is 1.77 bits per heavy atom. The summed E-state index contributed by atoms with van der Waals surface area (Å²) in [5, 5.41) is 4.85. The van der Waals surface area contributed by atoms with Crippen molar-refractivity contribution >= 4 is 23.2 Å². The largest absolute Gasteiger partial charge is 0.273 e. The lowest BCUT2D eigenvalue weighted by molar-refractivity contribution is -0.122. The normalized spacial score (nSPS) is 20.0. The molecule has 0 unspecified atom stereocenters. The molecule has 0 aliphatic heterocycles. The van der Waals surface area contributed by atoms with Crippen molar-refractivity contribution < 1.29 is 4.79 Å². The Bertz CT molecular complexity index is 834. The summed E-state index contributed by atoms with van der Waals surface area (Å²) >= 11 is 6.16. The second-order valence-electron chi connectivity index (χ2n) is 7.97. The van der Waals surface area contributed by atoms with Crippen LogP contribution in [0.3, 0.4) is 0 Å². The lowest BCUT2D eigenvalue weighted by Crippen LogP contribution is -2.21. The minimum atomic E-state index is -0.0266. The lowest BCUT2D eigenvalue weighted by atomic mass is 9.86. The molecule has 1 amide bonds. The Morgan fingerprint density at radius 3 is 2.38 bits per heavy atom. The van der Waals surface area contributed by atoms with Gasteiger partial charge in [-0.15, -0.1) is 0 Å². The number of hydrazone groups is 1. The van der Waals surface area contributed by atoms with Crippen LogP contribution in [0.1, 0.15) is 56.7 Å². The lowest BCUT2D eigenvalue weighted by Gasteiger charge is -2.19. The Kier molecular flexibility index (Phi) is 5.19. The fourth-order valence-corrected chi connectivity index (χ4v) is 3.39. The summed E-state index contributed by atoms with van der Waals surface area (Å²) in [6.45, 7) is 8.45. The number of amides is 1. The third-order valence-corrected chi connectivity index (χ3v) is 5.26. The maximum atomic E-state index is 12.4. The predicted octanol–water partition coefficient (Wildman–Crippen LogP) is 5.28. The third kappa shape index (κ3) is 4.16. The van der Waals surface area contributed by atoms with Crippen LogP contribution in [0.5, 0.6) is 0 Å². The molecule has 2 aromatic carbocycles. The highest BCUT2D eigenvalue weighted by Crippen LogP contribution is 2.47. The third-order valence-electron chi connectivity index (χ3n) is 4.93. The van der Waals surface area contributed by atoms with Crippen molar-refractivity contribution in [1.82, 2.24) is 5.43 Å². The zero-order valence-electron chi connectivity index (χ0n) is 15.7. The SMILES string of the molecule is C/C(=N/NC(=O)[C@H]1C[C@H]1c1ccc(C(C)(C)C)cc1)c1ccccc1Cl. The van der Waals surface area contributed by atoms with Crippen LogP contribution >= 0.6 is 11.6 Å². The van der Waals surface area contributed by atoms with Gasteiger partial charge in [0.25, 0.3) is 0 Å². The molecule has 0 bridgehead atoms. The molecule has 2 aromatic rings. The van der Waals surface area contributed by atoms with Crippen molar-refractivity contribution in [1.29, 1.82) is 0 Å². The number of nitrogens with zero attached hydrogens (tertiary/aromatic N) is 1. The predicted molar refractivity (Wildman–Crippen MR) is 108 cm³/mol. The molecule has 2 atom stereocenters. The second-order valence-corrected chi connectivity index (χ2v) is 8.38. The van der Waals surface area contributed by atoms with E-state index in [1.807, 2.05) is 31.2 Å². The zero-order valence-corrected chi connectivity index (χ0v) is 16.5. The first-order valence-corrected chi connectivity index (χ1v) is 9.34. The number of hydrogen-bond acceptors (Lipinski definition) is 2. The van der Waals surface area contributed by atoms with Crippen LogP contribution in [0.2, 0.25) is 5.02 Å². The van der Waals surface area contributed by atoms with E-state index in [0.717, 1.165) is 12.0 Å². The quantitative estimate of drug-likeness (QED) is 0.578. The van der Waals surface area contributed by atoms with Crippen LogP contribution < -0.4 is 5.43 Å². The summed E-state index contributed by atoms with van der Waals surface area (Å²) in [5.74, 6) is 0.263. The Labute approximate surface area is 160 Å². The number of rotatable bonds is 4. The van der Waals surface area contributed by atoms with Gasteiger partial charge in [0.2, 0.25) is 5.91 Å². The van der Waals surface area contributed by atoms with E-state index in [1.165, 1.54) is 11.1 Å². The van der Waals surface area contributed by atoms with Gasteiger partial charge in [0, 0.05) is 16.5 Å². The van der Waals surface area contributed by atoms with Crippen molar-refractivity contribution in [3.63, 3.8) is 0 Å². The number of carbonyl (C=O) groups excluding carboxylic acids is 1. The van der Waals surface area contributed by atoms with Gasteiger partial charge in [-0.1, -0.05) is 74.8 Å². The van der Waals surface area contributed by atoms with Crippen molar-refractivity contribution in [2.75, 3.05) is 0 Å². The molecule has 4 heteroatoms. The fourth-order valence-electron chi connectivity index (χ4n) is 3.12. The molecule has 3 nitrogen and oxygen atoms in total. The first-order valence-electron chi connectivity index (χ1n) is 8.97. The molecule has 0 heterocycles. The summed E-state index contributed by atoms with van der Waals surface area (Å²) in [7, 11) is 0. The zero-order chi connectivity index (χ0) is 18.9. The van der Waals surface area contributed by atoms with E-state index in [9.17, 15) is 4.79 Å². The summed E-state index contributed by atoms with van der Waals surface area (Å²) in [6, 6.07) is 16.1. The van der Waals surface area contributed by atoms with Gasteiger partial charge in [-0.05, 0) is 41.9 Å². The second kappa shape index (κ2) is 7.24. The van der Waals surface area contributed by atoms with Crippen LogP contribution in [-0.2, 0) is 10.2 Å². The van der Waals surface area contributed by atoms with Gasteiger partial charge >= 0.3 is 0 Å². The first kappa shape index (κ1) is 18.7. The molecule has 1 saturated carbocycles. The molecular weight excluding hydrogens is 344 g/mol. The van der Waals surface area contributed by atoms with E-state index in [-0.39, 0.29) is 17.2 Å². The molecule has 26 heavy (non-hydrogen) atoms. The molecule has 1 fully saturated rings. The number of halogens is 1. The van der Waals surface area contributed by atoms with Crippen LogP contribution in [0.25, 0.3) is 0 Å². The summed E-state index contributed by atoms with van der Waals surface area (Å²) < 4.78 is 0. The Morgan fingerprint density at radius 1 is 1.12 bits per heavy atom. The minimum Gasteiger partial charge on any atom is -0.273 e. The maximum absolute atomic E-state index is 12.4. The average Bonchev–Trinajstić information content (AvgIpc) is 3.40. The topological polar surface area (TPSA) is 41.5 Å². The highest BCUT2D eigenvalue weighted by molar-refractivity contribution is 6.34. The van der Waals surface area contributed by atoms with Crippen LogP contribution in [0.15, 0.2) is 53.6 Å². The molecule has 1 N–H and O–H groups in total. The summed E-state index contributed by atoms with van der Waals surface area (Å²) in [6.07, 6.45) is 0.876. The molecule has 0 spiro atoms. The minimum absolute atomic E-state index is 0.00159. The van der Waals surface area contributed by atoms with Crippen molar-refractivity contribution in [2.24, 2.45) is 11.0 Å². The number of hydrogen-bond donors (Lipinski definition) is 1.